The highest BCUT2D eigenvalue weighted by Crippen LogP contribution is 1.72. The average molecular weight is 226 g/mol. The highest BCUT2D eigenvalue weighted by molar-refractivity contribution is 4.86. The third kappa shape index (κ3) is 8.50. The fourth-order valence-corrected chi connectivity index (χ4v) is 0.841. The fraction of sp³-hybridized carbons (Fsp3) is 0. The Morgan fingerprint density at radius 1 is 0.471 bits per heavy atom. The number of aromatic nitrogens is 4. The Morgan fingerprint density at radius 2 is 1.06 bits per heavy atom. The van der Waals surface area contributed by atoms with E-state index in [-0.39, 0.29) is 0 Å². The van der Waals surface area contributed by atoms with Gasteiger partial charge in [0.1, 0.15) is 0 Å². The van der Waals surface area contributed by atoms with Crippen molar-refractivity contribution in [2.45, 2.75) is 0 Å². The van der Waals surface area contributed by atoms with Gasteiger partial charge in [-0.15, -0.1) is 0 Å². The van der Waals surface area contributed by atoms with Crippen LogP contribution in [0.5, 0.6) is 0 Å². The lowest BCUT2D eigenvalue weighted by molar-refractivity contribution is 1.25. The van der Waals surface area contributed by atoms with E-state index in [2.05, 4.69) is 19.9 Å². The molecule has 0 saturated heterocycles. The van der Waals surface area contributed by atoms with Crippen LogP contribution in [0.25, 0.3) is 0 Å². The number of nitrogens with zero attached hydrogens (tertiary/aromatic N) is 3. The van der Waals surface area contributed by atoms with Gasteiger partial charge in [-0.05, 0) is 24.3 Å². The third-order valence-corrected chi connectivity index (χ3v) is 1.54. The maximum absolute atomic E-state index is 4.03. The van der Waals surface area contributed by atoms with Gasteiger partial charge in [-0.3, -0.25) is 15.0 Å². The molecule has 4 heteroatoms. The summed E-state index contributed by atoms with van der Waals surface area (Å²) in [6.07, 6.45) is 13.4. The second kappa shape index (κ2) is 10.0. The summed E-state index contributed by atoms with van der Waals surface area (Å²) in [6.45, 7) is 0. The van der Waals surface area contributed by atoms with Crippen molar-refractivity contribution in [1.82, 2.24) is 19.9 Å². The Labute approximate surface area is 100 Å². The monoisotopic (exact) mass is 226 g/mol. The van der Waals surface area contributed by atoms with Crippen LogP contribution in [0.2, 0.25) is 0 Å². The molecule has 0 spiro atoms. The first-order valence-electron chi connectivity index (χ1n) is 5.13. The highest BCUT2D eigenvalue weighted by atomic mass is 14.7. The van der Waals surface area contributed by atoms with E-state index in [4.69, 9.17) is 0 Å². The number of aromatic amines is 1. The van der Waals surface area contributed by atoms with Crippen molar-refractivity contribution in [3.63, 3.8) is 0 Å². The van der Waals surface area contributed by atoms with Crippen molar-refractivity contribution in [2.24, 2.45) is 0 Å². The number of nitrogens with one attached hydrogen (secondary N) is 1. The smallest absolute Gasteiger partial charge is 0.0451 e. The molecule has 0 aliphatic carbocycles. The number of H-pyrrole nitrogens is 1. The molecular formula is C13H14N4. The van der Waals surface area contributed by atoms with Crippen LogP contribution >= 0.6 is 0 Å². The minimum absolute atomic E-state index is 1.60. The summed E-state index contributed by atoms with van der Waals surface area (Å²) in [5.74, 6) is 0. The lowest BCUT2D eigenvalue weighted by atomic mass is 10.5. The average Bonchev–Trinajstić information content (AvgIpc) is 2.35. The molecule has 0 atom stereocenters. The summed E-state index contributed by atoms with van der Waals surface area (Å²) in [4.78, 5) is 14.9. The molecule has 86 valence electrons. The summed E-state index contributed by atoms with van der Waals surface area (Å²) < 4.78 is 0. The Hall–Kier alpha value is -2.49. The Morgan fingerprint density at radius 3 is 1.82 bits per heavy atom. The van der Waals surface area contributed by atoms with Gasteiger partial charge in [0, 0.05) is 49.6 Å². The first-order valence-corrected chi connectivity index (χ1v) is 5.13. The van der Waals surface area contributed by atoms with Crippen molar-refractivity contribution < 1.29 is 0 Å². The topological polar surface area (TPSA) is 54.5 Å². The van der Waals surface area contributed by atoms with Crippen LogP contribution in [0.1, 0.15) is 0 Å². The molecule has 1 aromatic heterocycles. The summed E-state index contributed by atoms with van der Waals surface area (Å²) in [6, 6.07) is 9.17. The van der Waals surface area contributed by atoms with Crippen LogP contribution in [0.4, 0.5) is 0 Å². The molecular weight excluding hydrogens is 212 g/mol. The van der Waals surface area contributed by atoms with Crippen LogP contribution < -0.4 is 0 Å². The van der Waals surface area contributed by atoms with Gasteiger partial charge in [0.15, 0.2) is 0 Å². The molecule has 0 aromatic carbocycles. The number of hydrogen-bond donors (Lipinski definition) is 1. The van der Waals surface area contributed by atoms with E-state index in [9.17, 15) is 0 Å². The van der Waals surface area contributed by atoms with Crippen molar-refractivity contribution in [2.75, 3.05) is 0 Å². The summed E-state index contributed by atoms with van der Waals surface area (Å²) in [5.41, 5.74) is 0. The van der Waals surface area contributed by atoms with Gasteiger partial charge in [0.2, 0.25) is 0 Å². The van der Waals surface area contributed by atoms with Crippen LogP contribution in [-0.4, -0.2) is 19.9 Å². The Kier molecular flexibility index (Phi) is 7.43. The zero-order chi connectivity index (χ0) is 12.0. The molecule has 0 amide bonds. The molecule has 1 aromatic rings. The number of rotatable bonds is 0. The molecule has 0 aliphatic rings. The van der Waals surface area contributed by atoms with Crippen molar-refractivity contribution >= 4 is 0 Å². The van der Waals surface area contributed by atoms with E-state index < -0.39 is 0 Å². The van der Waals surface area contributed by atoms with Gasteiger partial charge in [-0.2, -0.15) is 0 Å². The molecule has 17 heavy (non-hydrogen) atoms. The second-order valence-electron chi connectivity index (χ2n) is 2.80. The summed E-state index contributed by atoms with van der Waals surface area (Å²) in [7, 11) is 0. The van der Waals surface area contributed by atoms with Gasteiger partial charge >= 0.3 is 0 Å². The molecule has 4 nitrogen and oxygen atoms in total. The SMILES string of the molecule is c1ccnccccnccncc[nH]cc1. The van der Waals surface area contributed by atoms with Crippen molar-refractivity contribution in [3.05, 3.63) is 79.9 Å². The lowest BCUT2D eigenvalue weighted by Gasteiger charge is -1.69. The first kappa shape index (κ1) is 12.6. The molecule has 0 saturated carbocycles. The van der Waals surface area contributed by atoms with Crippen LogP contribution in [0.15, 0.2) is 79.9 Å². The Balaban J connectivity index is 3.01. The molecule has 1 N–H and O–H groups in total. The largest absolute Gasteiger partial charge is 0.366 e. The van der Waals surface area contributed by atoms with Crippen LogP contribution in [0, 0.1) is 0 Å². The predicted molar refractivity (Wildman–Crippen MR) is 67.1 cm³/mol. The van der Waals surface area contributed by atoms with Crippen molar-refractivity contribution in [3.8, 4) is 0 Å². The molecule has 0 unspecified atom stereocenters. The number of hydrogen-bond acceptors (Lipinski definition) is 3. The van der Waals surface area contributed by atoms with Crippen LogP contribution in [0.3, 0.4) is 0 Å². The normalized spacial score (nSPS) is 8.00. The van der Waals surface area contributed by atoms with E-state index >= 15 is 0 Å². The van der Waals surface area contributed by atoms with Gasteiger partial charge in [-0.1, -0.05) is 6.07 Å². The predicted octanol–water partition coefficient (Wildman–Crippen LogP) is 2.57. The Bertz CT molecular complexity index is 284. The lowest BCUT2D eigenvalue weighted by Crippen LogP contribution is -1.62. The van der Waals surface area contributed by atoms with Gasteiger partial charge in [0.05, 0.1) is 0 Å². The maximum Gasteiger partial charge on any atom is 0.0451 e. The minimum Gasteiger partial charge on any atom is -0.366 e. The summed E-state index contributed by atoms with van der Waals surface area (Å²) >= 11 is 0. The highest BCUT2D eigenvalue weighted by Gasteiger charge is 1.59. The molecule has 1 rings (SSSR count). The summed E-state index contributed by atoms with van der Waals surface area (Å²) in [5, 5.41) is 0. The van der Waals surface area contributed by atoms with Crippen LogP contribution in [-0.2, 0) is 0 Å². The third-order valence-electron chi connectivity index (χ3n) is 1.54. The standard InChI is InChI=1S/C13H14N4/c1-2-6-14-8-4-5-9-16-11-13-17-12-10-15-7-3-1/h1-13,15H. The van der Waals surface area contributed by atoms with E-state index in [1.807, 2.05) is 18.2 Å². The minimum atomic E-state index is 1.60. The van der Waals surface area contributed by atoms with E-state index in [0.717, 1.165) is 0 Å². The van der Waals surface area contributed by atoms with Gasteiger partial charge < -0.3 is 4.98 Å². The van der Waals surface area contributed by atoms with E-state index in [1.165, 1.54) is 0 Å². The van der Waals surface area contributed by atoms with E-state index in [0.29, 0.717) is 0 Å². The van der Waals surface area contributed by atoms with Gasteiger partial charge in [0.25, 0.3) is 0 Å². The van der Waals surface area contributed by atoms with Gasteiger partial charge in [-0.25, -0.2) is 0 Å². The molecule has 0 radical (unpaired) electrons. The van der Waals surface area contributed by atoms with Crippen molar-refractivity contribution in [1.29, 1.82) is 0 Å². The maximum atomic E-state index is 4.03. The molecule has 0 aliphatic heterocycles. The molecule has 1 heterocycles. The van der Waals surface area contributed by atoms with E-state index in [1.54, 1.807) is 61.7 Å². The first-order chi connectivity index (χ1) is 8.50. The zero-order valence-electron chi connectivity index (χ0n) is 9.35. The fourth-order valence-electron chi connectivity index (χ4n) is 0.841. The quantitative estimate of drug-likeness (QED) is 0.739. The molecule has 0 fully saturated rings. The zero-order valence-corrected chi connectivity index (χ0v) is 9.35. The second-order valence-corrected chi connectivity index (χ2v) is 2.80. The molecule has 0 bridgehead atoms.